The molecule has 0 aromatic rings. The van der Waals surface area contributed by atoms with E-state index in [1.807, 2.05) is 0 Å². The summed E-state index contributed by atoms with van der Waals surface area (Å²) >= 11 is 0. The molecule has 86 valence electrons. The van der Waals surface area contributed by atoms with Crippen molar-refractivity contribution in [2.75, 3.05) is 0 Å². The van der Waals surface area contributed by atoms with Crippen LogP contribution in [0, 0.1) is 0 Å². The van der Waals surface area contributed by atoms with E-state index in [0.29, 0.717) is 12.2 Å². The van der Waals surface area contributed by atoms with Crippen LogP contribution in [0.3, 0.4) is 0 Å². The van der Waals surface area contributed by atoms with E-state index >= 15 is 0 Å². The number of carboxylic acids is 1. The van der Waals surface area contributed by atoms with E-state index in [9.17, 15) is 4.79 Å². The average molecular weight is 214 g/mol. The summed E-state index contributed by atoms with van der Waals surface area (Å²) < 4.78 is 10.7. The third-order valence-electron chi connectivity index (χ3n) is 3.13. The minimum atomic E-state index is -0.765. The Hall–Kier alpha value is -0.610. The zero-order valence-electron chi connectivity index (χ0n) is 9.02. The van der Waals surface area contributed by atoms with Crippen molar-refractivity contribution in [3.05, 3.63) is 0 Å². The van der Waals surface area contributed by atoms with E-state index in [4.69, 9.17) is 14.6 Å². The van der Waals surface area contributed by atoms with Crippen LogP contribution in [0.25, 0.3) is 0 Å². The Kier molecular flexibility index (Phi) is 3.26. The van der Waals surface area contributed by atoms with Crippen molar-refractivity contribution in [1.29, 1.82) is 0 Å². The van der Waals surface area contributed by atoms with Crippen LogP contribution in [-0.4, -0.2) is 35.5 Å². The van der Waals surface area contributed by atoms with Crippen molar-refractivity contribution in [3.63, 3.8) is 0 Å². The van der Waals surface area contributed by atoms with Crippen LogP contribution in [0.2, 0.25) is 0 Å². The summed E-state index contributed by atoms with van der Waals surface area (Å²) in [5.74, 6) is -0.765. The van der Waals surface area contributed by atoms with Crippen LogP contribution in [0.15, 0.2) is 0 Å². The Morgan fingerprint density at radius 2 is 1.73 bits per heavy atom. The molecule has 2 heterocycles. The lowest BCUT2D eigenvalue weighted by Gasteiger charge is -1.94. The third kappa shape index (κ3) is 3.18. The van der Waals surface area contributed by atoms with E-state index < -0.39 is 5.97 Å². The minimum absolute atomic E-state index is 0.0235. The highest BCUT2D eigenvalue weighted by molar-refractivity contribution is 5.67. The normalized spacial score (nSPS) is 37.7. The quantitative estimate of drug-likeness (QED) is 0.653. The number of ether oxygens (including phenoxy) is 2. The van der Waals surface area contributed by atoms with Gasteiger partial charge in [-0.05, 0) is 25.7 Å². The van der Waals surface area contributed by atoms with Crippen LogP contribution in [0.1, 0.15) is 39.0 Å². The van der Waals surface area contributed by atoms with Crippen molar-refractivity contribution in [1.82, 2.24) is 0 Å². The molecule has 2 fully saturated rings. The lowest BCUT2D eigenvalue weighted by molar-refractivity contribution is -0.137. The maximum absolute atomic E-state index is 10.4. The SMILES string of the molecule is CCC1OC1CCCC1OC1CC(=O)O. The van der Waals surface area contributed by atoms with Gasteiger partial charge in [0.2, 0.25) is 0 Å². The highest BCUT2D eigenvalue weighted by atomic mass is 16.6. The van der Waals surface area contributed by atoms with Crippen LogP contribution in [-0.2, 0) is 14.3 Å². The number of aliphatic carboxylic acids is 1. The molecule has 0 aromatic heterocycles. The molecule has 0 aliphatic carbocycles. The monoisotopic (exact) mass is 214 g/mol. The predicted molar refractivity (Wildman–Crippen MR) is 53.7 cm³/mol. The molecule has 0 amide bonds. The van der Waals surface area contributed by atoms with Gasteiger partial charge in [-0.2, -0.15) is 0 Å². The van der Waals surface area contributed by atoms with Gasteiger partial charge in [-0.3, -0.25) is 4.79 Å². The number of carboxylic acid groups (broad SMARTS) is 1. The Morgan fingerprint density at radius 3 is 2.27 bits per heavy atom. The Balaban J connectivity index is 1.48. The van der Waals surface area contributed by atoms with E-state index in [1.165, 1.54) is 0 Å². The van der Waals surface area contributed by atoms with Gasteiger partial charge < -0.3 is 14.6 Å². The standard InChI is InChI=1S/C11H18O4/c1-2-7-8(14-7)4-3-5-9-10(15-9)6-11(12)13/h7-10H,2-6H2,1H3,(H,12,13). The second-order valence-electron chi connectivity index (χ2n) is 4.36. The molecule has 2 rings (SSSR count). The first-order chi connectivity index (χ1) is 7.20. The first kappa shape index (κ1) is 10.9. The van der Waals surface area contributed by atoms with Crippen LogP contribution in [0.4, 0.5) is 0 Å². The molecule has 4 atom stereocenters. The molecule has 2 saturated heterocycles. The predicted octanol–water partition coefficient (Wildman–Crippen LogP) is 1.58. The molecule has 2 aliphatic rings. The third-order valence-corrected chi connectivity index (χ3v) is 3.13. The van der Waals surface area contributed by atoms with E-state index in [2.05, 4.69) is 6.92 Å². The largest absolute Gasteiger partial charge is 0.481 e. The fourth-order valence-electron chi connectivity index (χ4n) is 2.10. The summed E-state index contributed by atoms with van der Waals surface area (Å²) in [5, 5.41) is 8.53. The maximum atomic E-state index is 10.4. The molecule has 4 nitrogen and oxygen atoms in total. The molecule has 0 radical (unpaired) electrons. The van der Waals surface area contributed by atoms with Gasteiger partial charge in [-0.25, -0.2) is 0 Å². The second kappa shape index (κ2) is 4.49. The molecule has 0 saturated carbocycles. The number of hydrogen-bond acceptors (Lipinski definition) is 3. The maximum Gasteiger partial charge on any atom is 0.306 e. The molecular formula is C11H18O4. The first-order valence-electron chi connectivity index (χ1n) is 5.73. The number of carbonyl (C=O) groups is 1. The van der Waals surface area contributed by atoms with E-state index in [0.717, 1.165) is 25.7 Å². The van der Waals surface area contributed by atoms with Crippen molar-refractivity contribution >= 4 is 5.97 Å². The van der Waals surface area contributed by atoms with E-state index in [1.54, 1.807) is 0 Å². The van der Waals surface area contributed by atoms with Crippen molar-refractivity contribution in [3.8, 4) is 0 Å². The average Bonchev–Trinajstić information content (AvgIpc) is 3.04. The summed E-state index contributed by atoms with van der Waals surface area (Å²) in [7, 11) is 0. The molecule has 0 bridgehead atoms. The second-order valence-corrected chi connectivity index (χ2v) is 4.36. The van der Waals surface area contributed by atoms with Crippen LogP contribution in [0.5, 0.6) is 0 Å². The first-order valence-corrected chi connectivity index (χ1v) is 5.73. The molecule has 4 unspecified atom stereocenters. The van der Waals surface area contributed by atoms with Gasteiger partial charge in [0.1, 0.15) is 0 Å². The Morgan fingerprint density at radius 1 is 1.13 bits per heavy atom. The molecule has 1 N–H and O–H groups in total. The van der Waals surface area contributed by atoms with E-state index in [-0.39, 0.29) is 18.6 Å². The van der Waals surface area contributed by atoms with Crippen LogP contribution < -0.4 is 0 Å². The summed E-state index contributed by atoms with van der Waals surface area (Å²) in [6, 6.07) is 0. The molecule has 2 aliphatic heterocycles. The van der Waals surface area contributed by atoms with Gasteiger partial charge in [0.15, 0.2) is 0 Å². The van der Waals surface area contributed by atoms with Gasteiger partial charge in [0.05, 0.1) is 30.8 Å². The summed E-state index contributed by atoms with van der Waals surface area (Å²) in [6.45, 7) is 2.14. The lowest BCUT2D eigenvalue weighted by Crippen LogP contribution is -2.03. The smallest absolute Gasteiger partial charge is 0.306 e. The summed E-state index contributed by atoms with van der Waals surface area (Å²) in [6.07, 6.45) is 5.54. The number of epoxide rings is 2. The van der Waals surface area contributed by atoms with Crippen molar-refractivity contribution in [2.24, 2.45) is 0 Å². The number of hydrogen-bond donors (Lipinski definition) is 1. The Bertz CT molecular complexity index is 241. The van der Waals surface area contributed by atoms with Crippen molar-refractivity contribution < 1.29 is 19.4 Å². The number of rotatable bonds is 7. The highest BCUT2D eigenvalue weighted by Crippen LogP contribution is 2.33. The molecular weight excluding hydrogens is 196 g/mol. The fourth-order valence-corrected chi connectivity index (χ4v) is 2.10. The van der Waals surface area contributed by atoms with Gasteiger partial charge in [-0.1, -0.05) is 6.92 Å². The lowest BCUT2D eigenvalue weighted by atomic mass is 10.1. The fraction of sp³-hybridized carbons (Fsp3) is 0.909. The van der Waals surface area contributed by atoms with Gasteiger partial charge in [0.25, 0.3) is 0 Å². The van der Waals surface area contributed by atoms with Gasteiger partial charge >= 0.3 is 5.97 Å². The molecule has 0 spiro atoms. The summed E-state index contributed by atoms with van der Waals surface area (Å²) in [5.41, 5.74) is 0. The van der Waals surface area contributed by atoms with Gasteiger partial charge in [-0.15, -0.1) is 0 Å². The molecule has 15 heavy (non-hydrogen) atoms. The summed E-state index contributed by atoms with van der Waals surface area (Å²) in [4.78, 5) is 10.4. The zero-order valence-corrected chi connectivity index (χ0v) is 9.02. The molecule has 4 heteroatoms. The highest BCUT2D eigenvalue weighted by Gasteiger charge is 2.41. The topological polar surface area (TPSA) is 62.4 Å². The Labute approximate surface area is 89.6 Å². The van der Waals surface area contributed by atoms with Crippen LogP contribution >= 0.6 is 0 Å². The molecule has 0 aromatic carbocycles. The van der Waals surface area contributed by atoms with Crippen molar-refractivity contribution in [2.45, 2.75) is 63.4 Å². The zero-order chi connectivity index (χ0) is 10.8. The minimum Gasteiger partial charge on any atom is -0.481 e. The van der Waals surface area contributed by atoms with Gasteiger partial charge in [0, 0.05) is 0 Å².